The second kappa shape index (κ2) is 21.0. The number of aryl methyl sites for hydroxylation is 3. The van der Waals surface area contributed by atoms with Gasteiger partial charge in [-0.25, -0.2) is 4.57 Å². The van der Waals surface area contributed by atoms with Crippen LogP contribution in [-0.2, 0) is 19.4 Å². The average Bonchev–Trinajstić information content (AvgIpc) is 2.78. The largest absolute Gasteiger partial charge is 0.205 e. The lowest BCUT2D eigenvalue weighted by atomic mass is 10.0. The van der Waals surface area contributed by atoms with Crippen LogP contribution in [0.1, 0.15) is 154 Å². The molecule has 0 N–H and O–H groups in total. The highest BCUT2D eigenvalue weighted by Gasteiger charge is 2.08. The Kier molecular flexibility index (Phi) is 19.1. The Bertz CT molecular complexity index is 481. The summed E-state index contributed by atoms with van der Waals surface area (Å²) in [5, 5.41) is 0. The van der Waals surface area contributed by atoms with Crippen molar-refractivity contribution in [3.8, 4) is 0 Å². The molecule has 1 nitrogen and oxygen atoms in total. The van der Waals surface area contributed by atoms with Crippen molar-refractivity contribution in [3.05, 3.63) is 29.6 Å². The SMILES string of the molecule is CCCCCCCCCCCCCCCCC[n+]1cc(CCCC)cc(CCCC)c1. The maximum absolute atomic E-state index is 2.50. The molecule has 0 aromatic carbocycles. The Labute approximate surface area is 196 Å². The van der Waals surface area contributed by atoms with Gasteiger partial charge in [-0.3, -0.25) is 0 Å². The molecule has 180 valence electrons. The summed E-state index contributed by atoms with van der Waals surface area (Å²) in [4.78, 5) is 0. The predicted octanol–water partition coefficient (Wildman–Crippen LogP) is 9.53. The molecule has 1 heteroatoms. The highest BCUT2D eigenvalue weighted by molar-refractivity contribution is 5.15. The van der Waals surface area contributed by atoms with Gasteiger partial charge in [0.2, 0.25) is 0 Å². The molecule has 0 fully saturated rings. The molecule has 0 spiro atoms. The molecule has 0 aliphatic heterocycles. The van der Waals surface area contributed by atoms with Gasteiger partial charge in [-0.15, -0.1) is 0 Å². The van der Waals surface area contributed by atoms with E-state index in [0.717, 1.165) is 0 Å². The van der Waals surface area contributed by atoms with E-state index in [-0.39, 0.29) is 0 Å². The van der Waals surface area contributed by atoms with Crippen molar-refractivity contribution in [1.82, 2.24) is 0 Å². The molecule has 0 bridgehead atoms. The van der Waals surface area contributed by atoms with E-state index in [9.17, 15) is 0 Å². The van der Waals surface area contributed by atoms with Gasteiger partial charge in [-0.05, 0) is 38.2 Å². The van der Waals surface area contributed by atoms with E-state index in [0.29, 0.717) is 0 Å². The lowest BCUT2D eigenvalue weighted by Gasteiger charge is -2.06. The smallest absolute Gasteiger partial charge is 0.171 e. The fraction of sp³-hybridized carbons (Fsp3) is 0.833. The number of aromatic nitrogens is 1. The van der Waals surface area contributed by atoms with Crippen LogP contribution < -0.4 is 4.57 Å². The van der Waals surface area contributed by atoms with Crippen LogP contribution in [0.4, 0.5) is 0 Å². The normalized spacial score (nSPS) is 11.3. The highest BCUT2D eigenvalue weighted by Crippen LogP contribution is 2.14. The molecule has 1 rings (SSSR count). The molecule has 0 amide bonds. The molecular formula is C30H56N+. The first-order chi connectivity index (χ1) is 15.3. The second-order valence-electron chi connectivity index (χ2n) is 9.95. The fourth-order valence-electron chi connectivity index (χ4n) is 4.61. The van der Waals surface area contributed by atoms with E-state index < -0.39 is 0 Å². The first-order valence-corrected chi connectivity index (χ1v) is 14.3. The van der Waals surface area contributed by atoms with Crippen molar-refractivity contribution in [1.29, 1.82) is 0 Å². The van der Waals surface area contributed by atoms with Crippen LogP contribution in [0.3, 0.4) is 0 Å². The number of nitrogens with zero attached hydrogens (tertiary/aromatic N) is 1. The zero-order valence-electron chi connectivity index (χ0n) is 21.7. The van der Waals surface area contributed by atoms with Crippen LogP contribution in [0, 0.1) is 0 Å². The monoisotopic (exact) mass is 430 g/mol. The summed E-state index contributed by atoms with van der Waals surface area (Å²) < 4.78 is 2.50. The lowest BCUT2D eigenvalue weighted by Crippen LogP contribution is -2.34. The molecule has 0 saturated carbocycles. The molecular weight excluding hydrogens is 374 g/mol. The van der Waals surface area contributed by atoms with Gasteiger partial charge in [0.25, 0.3) is 0 Å². The van der Waals surface area contributed by atoms with Crippen molar-refractivity contribution < 1.29 is 4.57 Å². The van der Waals surface area contributed by atoms with Gasteiger partial charge >= 0.3 is 0 Å². The quantitative estimate of drug-likeness (QED) is 0.127. The number of rotatable bonds is 22. The maximum Gasteiger partial charge on any atom is 0.171 e. The van der Waals surface area contributed by atoms with Gasteiger partial charge < -0.3 is 0 Å². The minimum atomic E-state index is 1.21. The third-order valence-corrected chi connectivity index (χ3v) is 6.69. The Morgan fingerprint density at radius 2 is 0.806 bits per heavy atom. The summed E-state index contributed by atoms with van der Waals surface area (Å²) in [7, 11) is 0. The molecule has 1 heterocycles. The summed E-state index contributed by atoms with van der Waals surface area (Å²) >= 11 is 0. The summed E-state index contributed by atoms with van der Waals surface area (Å²) in [6, 6.07) is 2.47. The lowest BCUT2D eigenvalue weighted by molar-refractivity contribution is -0.698. The molecule has 0 radical (unpaired) electrons. The molecule has 0 atom stereocenters. The van der Waals surface area contributed by atoms with E-state index >= 15 is 0 Å². The third kappa shape index (κ3) is 16.4. The molecule has 0 unspecified atom stereocenters. The van der Waals surface area contributed by atoms with Crippen LogP contribution in [0.15, 0.2) is 18.5 Å². The standard InChI is InChI=1S/C30H56N/c1-4-7-10-11-12-13-14-15-16-17-18-19-20-21-22-25-31-27-29(23-8-5-2)26-30(28-31)24-9-6-3/h26-28H,4-25H2,1-3H3/q+1. The van der Waals surface area contributed by atoms with Gasteiger partial charge in [-0.2, -0.15) is 0 Å². The van der Waals surface area contributed by atoms with E-state index in [4.69, 9.17) is 0 Å². The summed E-state index contributed by atoms with van der Waals surface area (Å²) in [5.74, 6) is 0. The van der Waals surface area contributed by atoms with Gasteiger partial charge in [-0.1, -0.05) is 117 Å². The van der Waals surface area contributed by atoms with Crippen molar-refractivity contribution in [2.75, 3.05) is 0 Å². The number of hydrogen-bond acceptors (Lipinski definition) is 0. The van der Waals surface area contributed by atoms with Crippen LogP contribution in [-0.4, -0.2) is 0 Å². The van der Waals surface area contributed by atoms with E-state index in [1.54, 1.807) is 11.1 Å². The molecule has 0 aliphatic rings. The van der Waals surface area contributed by atoms with Crippen molar-refractivity contribution >= 4 is 0 Å². The zero-order valence-corrected chi connectivity index (χ0v) is 21.7. The van der Waals surface area contributed by atoms with Crippen LogP contribution in [0.2, 0.25) is 0 Å². The number of pyridine rings is 1. The number of hydrogen-bond donors (Lipinski definition) is 0. The third-order valence-electron chi connectivity index (χ3n) is 6.69. The van der Waals surface area contributed by atoms with Crippen LogP contribution in [0.25, 0.3) is 0 Å². The Hall–Kier alpha value is -0.850. The fourth-order valence-corrected chi connectivity index (χ4v) is 4.61. The molecule has 0 saturated heterocycles. The highest BCUT2D eigenvalue weighted by atomic mass is 14.9. The minimum absolute atomic E-state index is 1.21. The van der Waals surface area contributed by atoms with Crippen LogP contribution in [0.5, 0.6) is 0 Å². The van der Waals surface area contributed by atoms with Gasteiger partial charge in [0.15, 0.2) is 12.4 Å². The summed E-state index contributed by atoms with van der Waals surface area (Å²) in [6.07, 6.45) is 34.2. The molecule has 1 aromatic rings. The van der Waals surface area contributed by atoms with E-state index in [1.807, 2.05) is 0 Å². The van der Waals surface area contributed by atoms with Gasteiger partial charge in [0.05, 0.1) is 0 Å². The van der Waals surface area contributed by atoms with Crippen molar-refractivity contribution in [2.24, 2.45) is 0 Å². The first kappa shape index (κ1) is 28.2. The van der Waals surface area contributed by atoms with Crippen molar-refractivity contribution in [3.63, 3.8) is 0 Å². The average molecular weight is 431 g/mol. The minimum Gasteiger partial charge on any atom is -0.205 e. The van der Waals surface area contributed by atoms with E-state index in [2.05, 4.69) is 43.8 Å². The molecule has 1 aromatic heterocycles. The number of unbranched alkanes of at least 4 members (excludes halogenated alkanes) is 16. The van der Waals surface area contributed by atoms with Gasteiger partial charge in [0, 0.05) is 17.5 Å². The second-order valence-corrected chi connectivity index (χ2v) is 9.95. The summed E-state index contributed by atoms with van der Waals surface area (Å²) in [5.41, 5.74) is 3.10. The first-order valence-electron chi connectivity index (χ1n) is 14.3. The van der Waals surface area contributed by atoms with Gasteiger partial charge in [0.1, 0.15) is 6.54 Å². The zero-order chi connectivity index (χ0) is 22.4. The molecule has 31 heavy (non-hydrogen) atoms. The van der Waals surface area contributed by atoms with Crippen LogP contribution >= 0.6 is 0 Å². The Morgan fingerprint density at radius 3 is 1.19 bits per heavy atom. The predicted molar refractivity (Wildman–Crippen MR) is 139 cm³/mol. The van der Waals surface area contributed by atoms with Crippen molar-refractivity contribution in [2.45, 2.75) is 162 Å². The maximum atomic E-state index is 2.50. The van der Waals surface area contributed by atoms with E-state index in [1.165, 1.54) is 141 Å². The Morgan fingerprint density at radius 1 is 0.452 bits per heavy atom. The topological polar surface area (TPSA) is 3.88 Å². The molecule has 0 aliphatic carbocycles. The Balaban J connectivity index is 2.06. The summed E-state index contributed by atoms with van der Waals surface area (Å²) in [6.45, 7) is 8.10.